The van der Waals surface area contributed by atoms with E-state index in [0.717, 1.165) is 40.1 Å². The normalized spacial score (nSPS) is 30.5. The summed E-state index contributed by atoms with van der Waals surface area (Å²) in [5, 5.41) is 1.63. The summed E-state index contributed by atoms with van der Waals surface area (Å²) in [7, 11) is -0.835. The summed E-state index contributed by atoms with van der Waals surface area (Å²) >= 11 is 0. The number of benzene rings is 2. The summed E-state index contributed by atoms with van der Waals surface area (Å²) < 4.78 is 0. The highest BCUT2D eigenvalue weighted by Gasteiger charge is 2.54. The molecular formula is C40H62S. The third-order valence-corrected chi connectivity index (χ3v) is 18.3. The van der Waals surface area contributed by atoms with Gasteiger partial charge in [-0.1, -0.05) is 114 Å². The number of fused-ring (bicyclic) bond motifs is 2. The molecule has 0 heterocycles. The first-order valence-corrected chi connectivity index (χ1v) is 19.3. The van der Waals surface area contributed by atoms with Crippen molar-refractivity contribution in [1.82, 2.24) is 0 Å². The van der Waals surface area contributed by atoms with E-state index in [1.807, 2.05) is 0 Å². The van der Waals surface area contributed by atoms with E-state index in [0.29, 0.717) is 0 Å². The molecule has 0 aromatic heterocycles. The second-order valence-corrected chi connectivity index (χ2v) is 20.9. The van der Waals surface area contributed by atoms with Crippen LogP contribution in [0.25, 0.3) is 11.1 Å². The van der Waals surface area contributed by atoms with Gasteiger partial charge in [-0.15, -0.1) is 0 Å². The van der Waals surface area contributed by atoms with E-state index in [9.17, 15) is 0 Å². The van der Waals surface area contributed by atoms with Crippen LogP contribution in [0, 0.1) is 29.6 Å². The highest BCUT2D eigenvalue weighted by Crippen LogP contribution is 2.74. The summed E-state index contributed by atoms with van der Waals surface area (Å²) in [5.74, 6) is 6.84. The summed E-state index contributed by atoms with van der Waals surface area (Å²) in [6.07, 6.45) is 5.12. The first-order chi connectivity index (χ1) is 19.1. The maximum Gasteiger partial charge on any atom is 0.0174 e. The Morgan fingerprint density at radius 3 is 1.71 bits per heavy atom. The van der Waals surface area contributed by atoms with E-state index in [4.69, 9.17) is 0 Å². The Morgan fingerprint density at radius 1 is 0.683 bits per heavy atom. The van der Waals surface area contributed by atoms with E-state index in [-0.39, 0.29) is 10.8 Å². The van der Waals surface area contributed by atoms with Crippen LogP contribution in [-0.2, 0) is 30.1 Å². The average Bonchev–Trinajstić information content (AvgIpc) is 3.55. The van der Waals surface area contributed by atoms with Crippen molar-refractivity contribution in [3.05, 3.63) is 57.6 Å². The number of aryl methyl sites for hydroxylation is 1. The summed E-state index contributed by atoms with van der Waals surface area (Å²) in [5.41, 5.74) is 13.4. The fourth-order valence-corrected chi connectivity index (χ4v) is 15.9. The van der Waals surface area contributed by atoms with Gasteiger partial charge in [-0.3, -0.25) is 0 Å². The van der Waals surface area contributed by atoms with Gasteiger partial charge in [0.05, 0.1) is 0 Å². The summed E-state index contributed by atoms with van der Waals surface area (Å²) in [6, 6.07) is 10.5. The molecule has 0 N–H and O–H groups in total. The van der Waals surface area contributed by atoms with Gasteiger partial charge >= 0.3 is 0 Å². The minimum absolute atomic E-state index is 0.138. The van der Waals surface area contributed by atoms with Crippen LogP contribution >= 0.6 is 10.0 Å². The maximum atomic E-state index is 2.78. The molecule has 3 aliphatic rings. The highest BCUT2D eigenvalue weighted by atomic mass is 32.3. The van der Waals surface area contributed by atoms with Gasteiger partial charge in [0.2, 0.25) is 0 Å². The maximum absolute atomic E-state index is 2.78. The zero-order valence-electron chi connectivity index (χ0n) is 29.0. The lowest BCUT2D eigenvalue weighted by Gasteiger charge is -2.54. The molecule has 0 amide bonds. The van der Waals surface area contributed by atoms with Crippen LogP contribution in [0.5, 0.6) is 0 Å². The molecule has 0 radical (unpaired) electrons. The molecule has 0 aliphatic heterocycles. The van der Waals surface area contributed by atoms with E-state index in [1.54, 1.807) is 27.8 Å². The minimum Gasteiger partial charge on any atom is -0.231 e. The van der Waals surface area contributed by atoms with Crippen molar-refractivity contribution >= 4 is 10.0 Å². The molecule has 0 saturated heterocycles. The molecule has 41 heavy (non-hydrogen) atoms. The first kappa shape index (κ1) is 31.2. The van der Waals surface area contributed by atoms with Gasteiger partial charge in [0, 0.05) is 5.25 Å². The first-order valence-electron chi connectivity index (χ1n) is 17.2. The lowest BCUT2D eigenvalue weighted by Crippen LogP contribution is -2.35. The fraction of sp³-hybridized carbons (Fsp3) is 0.700. The minimum atomic E-state index is -0.835. The zero-order chi connectivity index (χ0) is 30.2. The Morgan fingerprint density at radius 2 is 1.22 bits per heavy atom. The quantitative estimate of drug-likeness (QED) is 0.333. The number of hydrogen-bond acceptors (Lipinski definition) is 0. The second-order valence-electron chi connectivity index (χ2n) is 16.7. The molecule has 2 aromatic rings. The van der Waals surface area contributed by atoms with Crippen molar-refractivity contribution in [3.8, 4) is 11.1 Å². The van der Waals surface area contributed by atoms with Gasteiger partial charge in [-0.2, -0.15) is 0 Å². The molecule has 6 unspecified atom stereocenters. The van der Waals surface area contributed by atoms with Crippen molar-refractivity contribution in [2.75, 3.05) is 11.5 Å². The molecule has 5 rings (SSSR count). The summed E-state index contributed by atoms with van der Waals surface area (Å²) in [4.78, 5) is 0. The molecule has 3 aliphatic carbocycles. The SMILES string of the molecule is CCS(CC)(C1c2cc3c(c(-c4cc(C(C)(C)C)cc(C(C)(C)C)c4)c2CC1C)CCC3)C1C(C)C(C)C(C)C1C. The summed E-state index contributed by atoms with van der Waals surface area (Å²) in [6.45, 7) is 32.5. The number of rotatable bonds is 5. The molecule has 6 atom stereocenters. The smallest absolute Gasteiger partial charge is 0.0174 e. The van der Waals surface area contributed by atoms with Crippen molar-refractivity contribution < 1.29 is 0 Å². The second kappa shape index (κ2) is 10.7. The van der Waals surface area contributed by atoms with E-state index in [2.05, 4.69) is 114 Å². The predicted molar refractivity (Wildman–Crippen MR) is 186 cm³/mol. The molecule has 0 spiro atoms. The third-order valence-electron chi connectivity index (χ3n) is 12.5. The average molecular weight is 575 g/mol. The standard InChI is InChI=1S/C40H62S/c1-14-41(15-2,38-27(6)25(4)26(5)28(38)7)37-24(3)19-34-35(37)22-29-17-16-18-33(29)36(34)30-20-31(39(8,9)10)23-32(21-30)40(11,12)13/h20-28,37-38H,14-19H2,1-13H3. The van der Waals surface area contributed by atoms with Gasteiger partial charge in [0.15, 0.2) is 0 Å². The van der Waals surface area contributed by atoms with Gasteiger partial charge in [0.1, 0.15) is 0 Å². The van der Waals surface area contributed by atoms with Crippen molar-refractivity contribution in [2.24, 2.45) is 29.6 Å². The van der Waals surface area contributed by atoms with Gasteiger partial charge in [-0.25, -0.2) is 10.0 Å². The molecule has 1 saturated carbocycles. The van der Waals surface area contributed by atoms with E-state index >= 15 is 0 Å². The van der Waals surface area contributed by atoms with E-state index in [1.165, 1.54) is 53.9 Å². The Bertz CT molecular complexity index is 1230. The molecular weight excluding hydrogens is 513 g/mol. The largest absolute Gasteiger partial charge is 0.231 e. The van der Waals surface area contributed by atoms with Crippen LogP contribution in [0.3, 0.4) is 0 Å². The van der Waals surface area contributed by atoms with Gasteiger partial charge in [0.25, 0.3) is 0 Å². The van der Waals surface area contributed by atoms with Crippen LogP contribution < -0.4 is 0 Å². The third kappa shape index (κ3) is 4.97. The van der Waals surface area contributed by atoms with Crippen molar-refractivity contribution in [2.45, 2.75) is 137 Å². The van der Waals surface area contributed by atoms with Crippen molar-refractivity contribution in [1.29, 1.82) is 0 Å². The van der Waals surface area contributed by atoms with E-state index < -0.39 is 10.0 Å². The van der Waals surface area contributed by atoms with Crippen LogP contribution in [0.4, 0.5) is 0 Å². The molecule has 1 fully saturated rings. The molecule has 0 nitrogen and oxygen atoms in total. The fourth-order valence-electron chi connectivity index (χ4n) is 9.73. The van der Waals surface area contributed by atoms with Gasteiger partial charge < -0.3 is 0 Å². The van der Waals surface area contributed by atoms with Crippen molar-refractivity contribution in [3.63, 3.8) is 0 Å². The van der Waals surface area contributed by atoms with Crippen LogP contribution in [0.1, 0.15) is 135 Å². The Labute approximate surface area is 256 Å². The number of hydrogen-bond donors (Lipinski definition) is 0. The highest BCUT2D eigenvalue weighted by molar-refractivity contribution is 8.34. The van der Waals surface area contributed by atoms with Crippen LogP contribution in [0.15, 0.2) is 24.3 Å². The molecule has 0 bridgehead atoms. The zero-order valence-corrected chi connectivity index (χ0v) is 29.8. The lowest BCUT2D eigenvalue weighted by atomic mass is 9.77. The lowest BCUT2D eigenvalue weighted by molar-refractivity contribution is 0.352. The molecule has 1 heteroatoms. The predicted octanol–water partition coefficient (Wildman–Crippen LogP) is 11.4. The Hall–Kier alpha value is -1.21. The monoisotopic (exact) mass is 574 g/mol. The topological polar surface area (TPSA) is 0 Å². The Balaban J connectivity index is 1.76. The van der Waals surface area contributed by atoms with Crippen LogP contribution in [-0.4, -0.2) is 16.8 Å². The van der Waals surface area contributed by atoms with Crippen LogP contribution in [0.2, 0.25) is 0 Å². The Kier molecular flexibility index (Phi) is 8.19. The van der Waals surface area contributed by atoms with Gasteiger partial charge in [-0.05, 0) is 127 Å². The molecule has 228 valence electrons. The molecule has 2 aromatic carbocycles.